The van der Waals surface area contributed by atoms with Crippen LogP contribution in [-0.2, 0) is 22.5 Å². The van der Waals surface area contributed by atoms with Gasteiger partial charge in [-0.3, -0.25) is 14.9 Å². The van der Waals surface area contributed by atoms with Crippen LogP contribution in [0.25, 0.3) is 0 Å². The van der Waals surface area contributed by atoms with Crippen LogP contribution < -0.4 is 0 Å². The summed E-state index contributed by atoms with van der Waals surface area (Å²) in [6, 6.07) is 6.40. The molecule has 0 aliphatic heterocycles. The lowest BCUT2D eigenvalue weighted by molar-refractivity contribution is -0.384. The third kappa shape index (κ3) is 5.28. The maximum absolute atomic E-state index is 11.4. The van der Waals surface area contributed by atoms with Gasteiger partial charge in [-0.25, -0.2) is 0 Å². The lowest BCUT2D eigenvalue weighted by atomic mass is 10.2. The summed E-state index contributed by atoms with van der Waals surface area (Å²) in [5.74, 6) is 0.667. The first-order chi connectivity index (χ1) is 12.0. The Balaban J connectivity index is 2.20. The van der Waals surface area contributed by atoms with E-state index in [4.69, 9.17) is 0 Å². The zero-order chi connectivity index (χ0) is 18.2. The van der Waals surface area contributed by atoms with Gasteiger partial charge in [0.2, 0.25) is 0 Å². The smallest absolute Gasteiger partial charge is 0.316 e. The number of carbonyl (C=O) groups excluding carboxylic acids is 1. The van der Waals surface area contributed by atoms with E-state index in [1.165, 1.54) is 31.0 Å². The van der Waals surface area contributed by atoms with Crippen molar-refractivity contribution in [1.82, 2.24) is 14.8 Å². The SMILES string of the molecule is CCCCc1nnc(SCC(=O)OC)n1Cc1ccc([N+](=O)[O-])cc1. The predicted octanol–water partition coefficient (Wildman–Crippen LogP) is 2.84. The number of aromatic nitrogens is 3. The topological polar surface area (TPSA) is 100 Å². The van der Waals surface area contributed by atoms with Crippen LogP contribution in [-0.4, -0.2) is 38.5 Å². The average Bonchev–Trinajstić information content (AvgIpc) is 2.99. The van der Waals surface area contributed by atoms with Crippen molar-refractivity contribution in [2.24, 2.45) is 0 Å². The van der Waals surface area contributed by atoms with E-state index in [2.05, 4.69) is 21.9 Å². The Bertz CT molecular complexity index is 730. The molecule has 0 fully saturated rings. The van der Waals surface area contributed by atoms with Gasteiger partial charge in [-0.2, -0.15) is 0 Å². The summed E-state index contributed by atoms with van der Waals surface area (Å²) in [6.07, 6.45) is 2.81. The maximum Gasteiger partial charge on any atom is 0.316 e. The minimum Gasteiger partial charge on any atom is -0.468 e. The molecule has 0 spiro atoms. The Morgan fingerprint density at radius 3 is 2.64 bits per heavy atom. The van der Waals surface area contributed by atoms with Crippen molar-refractivity contribution < 1.29 is 14.5 Å². The van der Waals surface area contributed by atoms with Gasteiger partial charge in [-0.05, 0) is 12.0 Å². The van der Waals surface area contributed by atoms with Crippen LogP contribution >= 0.6 is 11.8 Å². The highest BCUT2D eigenvalue weighted by atomic mass is 32.2. The number of hydrogen-bond acceptors (Lipinski definition) is 7. The van der Waals surface area contributed by atoms with E-state index in [9.17, 15) is 14.9 Å². The number of carbonyl (C=O) groups is 1. The summed E-state index contributed by atoms with van der Waals surface area (Å²) in [7, 11) is 1.34. The molecule has 25 heavy (non-hydrogen) atoms. The molecule has 0 aliphatic carbocycles. The molecule has 8 nitrogen and oxygen atoms in total. The first kappa shape index (κ1) is 18.9. The fraction of sp³-hybridized carbons (Fsp3) is 0.438. The molecule has 0 saturated heterocycles. The van der Waals surface area contributed by atoms with Crippen LogP contribution in [0.4, 0.5) is 5.69 Å². The molecule has 0 bridgehead atoms. The van der Waals surface area contributed by atoms with Crippen LogP contribution in [0, 0.1) is 10.1 Å². The van der Waals surface area contributed by atoms with E-state index in [0.29, 0.717) is 11.7 Å². The van der Waals surface area contributed by atoms with E-state index < -0.39 is 4.92 Å². The highest BCUT2D eigenvalue weighted by Crippen LogP contribution is 2.21. The molecular formula is C16H20N4O4S. The molecule has 1 heterocycles. The van der Waals surface area contributed by atoms with Crippen LogP contribution in [0.1, 0.15) is 31.2 Å². The maximum atomic E-state index is 11.4. The number of unbranched alkanes of at least 4 members (excludes halogenated alkanes) is 1. The molecule has 9 heteroatoms. The van der Waals surface area contributed by atoms with Crippen molar-refractivity contribution in [3.8, 4) is 0 Å². The number of esters is 1. The highest BCUT2D eigenvalue weighted by Gasteiger charge is 2.15. The number of hydrogen-bond donors (Lipinski definition) is 0. The Morgan fingerprint density at radius 2 is 2.04 bits per heavy atom. The molecular weight excluding hydrogens is 344 g/mol. The number of nitro benzene ring substituents is 1. The lowest BCUT2D eigenvalue weighted by Gasteiger charge is -2.10. The zero-order valence-electron chi connectivity index (χ0n) is 14.2. The Labute approximate surface area is 149 Å². The molecule has 0 aliphatic rings. The van der Waals surface area contributed by atoms with Crippen LogP contribution in [0.3, 0.4) is 0 Å². The van der Waals surface area contributed by atoms with E-state index in [1.54, 1.807) is 12.1 Å². The second-order valence-electron chi connectivity index (χ2n) is 5.38. The summed E-state index contributed by atoms with van der Waals surface area (Å²) in [5.41, 5.74) is 0.960. The first-order valence-corrected chi connectivity index (χ1v) is 8.88. The second-order valence-corrected chi connectivity index (χ2v) is 6.32. The average molecular weight is 364 g/mol. The monoisotopic (exact) mass is 364 g/mol. The molecule has 0 atom stereocenters. The molecule has 0 unspecified atom stereocenters. The van der Waals surface area contributed by atoms with Gasteiger partial charge in [-0.15, -0.1) is 10.2 Å². The van der Waals surface area contributed by atoms with E-state index >= 15 is 0 Å². The van der Waals surface area contributed by atoms with Crippen LogP contribution in [0.5, 0.6) is 0 Å². The number of aryl methyl sites for hydroxylation is 1. The van der Waals surface area contributed by atoms with Gasteiger partial charge >= 0.3 is 5.97 Å². The van der Waals surface area contributed by atoms with Gasteiger partial charge in [0.1, 0.15) is 5.82 Å². The molecule has 2 aromatic rings. The van der Waals surface area contributed by atoms with Crippen molar-refractivity contribution >= 4 is 23.4 Å². The van der Waals surface area contributed by atoms with E-state index in [-0.39, 0.29) is 17.4 Å². The molecule has 2 rings (SSSR count). The van der Waals surface area contributed by atoms with Crippen molar-refractivity contribution in [2.75, 3.05) is 12.9 Å². The van der Waals surface area contributed by atoms with Crippen molar-refractivity contribution in [2.45, 2.75) is 37.9 Å². The fourth-order valence-corrected chi connectivity index (χ4v) is 2.98. The van der Waals surface area contributed by atoms with Crippen LogP contribution in [0.2, 0.25) is 0 Å². The van der Waals surface area contributed by atoms with E-state index in [0.717, 1.165) is 30.7 Å². The second kappa shape index (κ2) is 9.16. The standard InChI is InChI=1S/C16H20N4O4S/c1-3-4-5-14-17-18-16(25-11-15(21)24-2)19(14)10-12-6-8-13(9-7-12)20(22)23/h6-9H,3-5,10-11H2,1-2H3. The Morgan fingerprint density at radius 1 is 1.32 bits per heavy atom. The minimum atomic E-state index is -0.424. The molecule has 0 N–H and O–H groups in total. The normalized spacial score (nSPS) is 10.6. The number of methoxy groups -OCH3 is 1. The van der Waals surface area contributed by atoms with E-state index in [1.807, 2.05) is 4.57 Å². The largest absolute Gasteiger partial charge is 0.468 e. The third-order valence-electron chi connectivity index (χ3n) is 3.58. The number of ether oxygens (including phenoxy) is 1. The molecule has 0 saturated carbocycles. The van der Waals surface area contributed by atoms with Crippen molar-refractivity contribution in [3.05, 3.63) is 45.8 Å². The number of thioether (sulfide) groups is 1. The minimum absolute atomic E-state index is 0.0546. The number of benzene rings is 1. The van der Waals surface area contributed by atoms with Crippen molar-refractivity contribution in [1.29, 1.82) is 0 Å². The summed E-state index contributed by atoms with van der Waals surface area (Å²) in [4.78, 5) is 21.7. The summed E-state index contributed by atoms with van der Waals surface area (Å²) in [6.45, 7) is 2.59. The number of rotatable bonds is 9. The lowest BCUT2D eigenvalue weighted by Crippen LogP contribution is -2.09. The summed E-state index contributed by atoms with van der Waals surface area (Å²) < 4.78 is 6.61. The van der Waals surface area contributed by atoms with Gasteiger partial charge in [0.25, 0.3) is 5.69 Å². The number of non-ortho nitro benzene ring substituents is 1. The molecule has 1 aromatic carbocycles. The van der Waals surface area contributed by atoms with Gasteiger partial charge in [0.05, 0.1) is 24.3 Å². The Hall–Kier alpha value is -2.42. The Kier molecular flexibility index (Phi) is 6.93. The molecule has 0 radical (unpaired) electrons. The van der Waals surface area contributed by atoms with Gasteiger partial charge in [-0.1, -0.05) is 37.2 Å². The third-order valence-corrected chi connectivity index (χ3v) is 4.52. The highest BCUT2D eigenvalue weighted by molar-refractivity contribution is 7.99. The number of nitro groups is 1. The number of nitrogens with zero attached hydrogens (tertiary/aromatic N) is 4. The van der Waals surface area contributed by atoms with Crippen LogP contribution in [0.15, 0.2) is 29.4 Å². The summed E-state index contributed by atoms with van der Waals surface area (Å²) in [5, 5.41) is 19.8. The van der Waals surface area contributed by atoms with Gasteiger partial charge in [0.15, 0.2) is 5.16 Å². The summed E-state index contributed by atoms with van der Waals surface area (Å²) >= 11 is 1.27. The van der Waals surface area contributed by atoms with Gasteiger partial charge in [0, 0.05) is 18.6 Å². The molecule has 0 amide bonds. The molecule has 1 aromatic heterocycles. The quantitative estimate of drug-likeness (QED) is 0.292. The first-order valence-electron chi connectivity index (χ1n) is 7.90. The van der Waals surface area contributed by atoms with Gasteiger partial charge < -0.3 is 9.30 Å². The van der Waals surface area contributed by atoms with Crippen molar-refractivity contribution in [3.63, 3.8) is 0 Å². The zero-order valence-corrected chi connectivity index (χ0v) is 15.0. The fourth-order valence-electron chi connectivity index (χ4n) is 2.19. The molecule has 134 valence electrons. The predicted molar refractivity (Wildman–Crippen MR) is 93.6 cm³/mol.